The van der Waals surface area contributed by atoms with Crippen molar-refractivity contribution >= 4 is 11.9 Å². The first kappa shape index (κ1) is 23.3. The summed E-state index contributed by atoms with van der Waals surface area (Å²) in [4.78, 5) is 24.1. The average molecular weight is 421 g/mol. The Balaban J connectivity index is 1.78. The lowest BCUT2D eigenvalue weighted by Crippen LogP contribution is -2.58. The van der Waals surface area contributed by atoms with Crippen molar-refractivity contribution in [3.63, 3.8) is 0 Å². The minimum Gasteiger partial charge on any atom is -0.463 e. The van der Waals surface area contributed by atoms with Gasteiger partial charge < -0.3 is 14.6 Å². The number of carbonyl (C=O) groups excluding carboxylic acids is 2. The number of hydrogen-bond acceptors (Lipinski definition) is 5. The van der Waals surface area contributed by atoms with Crippen LogP contribution in [0, 0.1) is 34.0 Å². The molecule has 5 nitrogen and oxygen atoms in total. The van der Waals surface area contributed by atoms with Gasteiger partial charge in [0, 0.05) is 6.92 Å². The highest BCUT2D eigenvalue weighted by atomic mass is 16.6. The molecule has 0 spiro atoms. The second-order valence-corrected chi connectivity index (χ2v) is 11.2. The van der Waals surface area contributed by atoms with E-state index in [-0.39, 0.29) is 35.9 Å². The molecule has 3 aliphatic rings. The van der Waals surface area contributed by atoms with Crippen LogP contribution in [0.3, 0.4) is 0 Å². The van der Waals surface area contributed by atoms with E-state index in [2.05, 4.69) is 33.8 Å². The van der Waals surface area contributed by atoms with Gasteiger partial charge in [-0.05, 0) is 67.1 Å². The molecule has 0 aromatic carbocycles. The Morgan fingerprint density at radius 2 is 1.73 bits per heavy atom. The van der Waals surface area contributed by atoms with E-state index in [1.54, 1.807) is 0 Å². The first-order chi connectivity index (χ1) is 13.9. The third-order valence-electron chi connectivity index (χ3n) is 8.76. The summed E-state index contributed by atoms with van der Waals surface area (Å²) in [5, 5.41) is 9.99. The van der Waals surface area contributed by atoms with Gasteiger partial charge in [-0.15, -0.1) is 0 Å². The maximum absolute atomic E-state index is 13.2. The SMILES string of the molecule is CC(=O)OC[C@H](O)COC(=O)[C@H]1C(C)=CC[C@H]2[C@]3(C)CCCC(C)(C)[C@H]3CC[C@]12C. The molecule has 2 saturated carbocycles. The van der Waals surface area contributed by atoms with E-state index >= 15 is 0 Å². The average Bonchev–Trinajstić information content (AvgIpc) is 2.63. The zero-order chi connectivity index (χ0) is 22.3. The second kappa shape index (κ2) is 8.29. The maximum atomic E-state index is 13.2. The number of aliphatic hydroxyl groups excluding tert-OH is 1. The molecule has 170 valence electrons. The van der Waals surface area contributed by atoms with Crippen LogP contribution in [-0.2, 0) is 19.1 Å². The number of carbonyl (C=O) groups is 2. The largest absolute Gasteiger partial charge is 0.463 e. The Morgan fingerprint density at radius 1 is 1.07 bits per heavy atom. The molecule has 6 atom stereocenters. The van der Waals surface area contributed by atoms with Crippen LogP contribution in [0.4, 0.5) is 0 Å². The van der Waals surface area contributed by atoms with Crippen molar-refractivity contribution in [2.45, 2.75) is 86.2 Å². The lowest BCUT2D eigenvalue weighted by molar-refractivity contribution is -0.174. The lowest BCUT2D eigenvalue weighted by Gasteiger charge is -2.64. The lowest BCUT2D eigenvalue weighted by atomic mass is 9.40. The smallest absolute Gasteiger partial charge is 0.313 e. The summed E-state index contributed by atoms with van der Waals surface area (Å²) in [5.41, 5.74) is 1.54. The molecule has 0 bridgehead atoms. The van der Waals surface area contributed by atoms with Crippen molar-refractivity contribution in [3.05, 3.63) is 11.6 Å². The van der Waals surface area contributed by atoms with Crippen molar-refractivity contribution in [1.29, 1.82) is 0 Å². The van der Waals surface area contributed by atoms with Crippen LogP contribution < -0.4 is 0 Å². The molecular weight excluding hydrogens is 380 g/mol. The van der Waals surface area contributed by atoms with Gasteiger partial charge in [0.1, 0.15) is 19.3 Å². The van der Waals surface area contributed by atoms with Crippen LogP contribution in [0.2, 0.25) is 0 Å². The van der Waals surface area contributed by atoms with E-state index in [0.717, 1.165) is 24.8 Å². The van der Waals surface area contributed by atoms with Gasteiger partial charge in [-0.2, -0.15) is 0 Å². The first-order valence-corrected chi connectivity index (χ1v) is 11.6. The van der Waals surface area contributed by atoms with E-state index < -0.39 is 12.1 Å². The molecule has 0 aromatic heterocycles. The molecule has 30 heavy (non-hydrogen) atoms. The number of ether oxygens (including phenoxy) is 2. The van der Waals surface area contributed by atoms with Crippen LogP contribution in [0.15, 0.2) is 11.6 Å². The molecule has 0 heterocycles. The molecule has 0 amide bonds. The van der Waals surface area contributed by atoms with Crippen molar-refractivity contribution in [1.82, 2.24) is 0 Å². The normalized spacial score (nSPS) is 38.5. The van der Waals surface area contributed by atoms with Crippen LogP contribution in [0.25, 0.3) is 0 Å². The minimum absolute atomic E-state index is 0.130. The summed E-state index contributed by atoms with van der Waals surface area (Å²) in [5.74, 6) is 0.151. The molecule has 0 unspecified atom stereocenters. The summed E-state index contributed by atoms with van der Waals surface area (Å²) in [6, 6.07) is 0. The zero-order valence-corrected chi connectivity index (χ0v) is 19.6. The van der Waals surface area contributed by atoms with Gasteiger partial charge in [0.25, 0.3) is 0 Å². The van der Waals surface area contributed by atoms with Gasteiger partial charge in [-0.3, -0.25) is 9.59 Å². The van der Waals surface area contributed by atoms with E-state index in [9.17, 15) is 14.7 Å². The predicted molar refractivity (Wildman–Crippen MR) is 116 cm³/mol. The molecule has 3 aliphatic carbocycles. The Morgan fingerprint density at radius 3 is 2.40 bits per heavy atom. The number of allylic oxidation sites excluding steroid dienone is 1. The van der Waals surface area contributed by atoms with E-state index in [4.69, 9.17) is 9.47 Å². The molecule has 0 aliphatic heterocycles. The van der Waals surface area contributed by atoms with Crippen molar-refractivity contribution < 1.29 is 24.2 Å². The van der Waals surface area contributed by atoms with Crippen molar-refractivity contribution in [2.75, 3.05) is 13.2 Å². The predicted octanol–water partition coefficient (Wildman–Crippen LogP) is 4.67. The molecule has 5 heteroatoms. The fourth-order valence-corrected chi connectivity index (χ4v) is 7.49. The highest BCUT2D eigenvalue weighted by Gasteiger charge is 2.62. The molecular formula is C25H40O5. The van der Waals surface area contributed by atoms with Crippen LogP contribution in [0.5, 0.6) is 0 Å². The Bertz CT molecular complexity index is 710. The van der Waals surface area contributed by atoms with Crippen LogP contribution in [-0.4, -0.2) is 36.4 Å². The highest BCUT2D eigenvalue weighted by molar-refractivity contribution is 5.77. The summed E-state index contributed by atoms with van der Waals surface area (Å²) < 4.78 is 10.4. The van der Waals surface area contributed by atoms with Crippen LogP contribution >= 0.6 is 0 Å². The van der Waals surface area contributed by atoms with E-state index in [0.29, 0.717) is 17.3 Å². The molecule has 0 saturated heterocycles. The monoisotopic (exact) mass is 420 g/mol. The van der Waals surface area contributed by atoms with E-state index in [1.165, 1.54) is 26.2 Å². The number of esters is 2. The van der Waals surface area contributed by atoms with Gasteiger partial charge in [-0.1, -0.05) is 45.8 Å². The third kappa shape index (κ3) is 4.06. The Kier molecular flexibility index (Phi) is 6.44. The molecule has 2 fully saturated rings. The van der Waals surface area contributed by atoms with Crippen LogP contribution in [0.1, 0.15) is 80.1 Å². The Hall–Kier alpha value is -1.36. The molecule has 0 aromatic rings. The Labute approximate surface area is 181 Å². The summed E-state index contributed by atoms with van der Waals surface area (Å²) in [6.07, 6.45) is 8.25. The van der Waals surface area contributed by atoms with Crippen molar-refractivity contribution in [3.8, 4) is 0 Å². The fourth-order valence-electron chi connectivity index (χ4n) is 7.49. The van der Waals surface area contributed by atoms with E-state index in [1.807, 2.05) is 6.92 Å². The second-order valence-electron chi connectivity index (χ2n) is 11.2. The highest BCUT2D eigenvalue weighted by Crippen LogP contribution is 2.68. The minimum atomic E-state index is -0.998. The maximum Gasteiger partial charge on any atom is 0.313 e. The standard InChI is InChI=1S/C25H40O5/c1-16-8-9-20-24(5)12-7-11-23(3,4)19(24)10-13-25(20,6)21(16)22(28)30-15-18(27)14-29-17(2)26/h8,18-21,27H,7,9-15H2,1-6H3/t18-,19+,20-,21+,24+,25-/m0/s1. The van der Waals surface area contributed by atoms with Gasteiger partial charge in [-0.25, -0.2) is 0 Å². The summed E-state index contributed by atoms with van der Waals surface area (Å²) in [7, 11) is 0. The zero-order valence-electron chi connectivity index (χ0n) is 19.6. The van der Waals surface area contributed by atoms with Gasteiger partial charge >= 0.3 is 11.9 Å². The number of aliphatic hydroxyl groups is 1. The quantitative estimate of drug-likeness (QED) is 0.517. The topological polar surface area (TPSA) is 72.8 Å². The molecule has 1 N–H and O–H groups in total. The number of rotatable bonds is 5. The van der Waals surface area contributed by atoms with Gasteiger partial charge in [0.05, 0.1) is 5.92 Å². The van der Waals surface area contributed by atoms with Gasteiger partial charge in [0.2, 0.25) is 0 Å². The number of hydrogen-bond donors (Lipinski definition) is 1. The fraction of sp³-hybridized carbons (Fsp3) is 0.840. The van der Waals surface area contributed by atoms with Crippen molar-refractivity contribution in [2.24, 2.45) is 34.0 Å². The third-order valence-corrected chi connectivity index (χ3v) is 8.76. The number of fused-ring (bicyclic) bond motifs is 3. The van der Waals surface area contributed by atoms with Gasteiger partial charge in [0.15, 0.2) is 0 Å². The summed E-state index contributed by atoms with van der Waals surface area (Å²) in [6.45, 7) is 12.6. The molecule has 0 radical (unpaired) electrons. The first-order valence-electron chi connectivity index (χ1n) is 11.6. The summed E-state index contributed by atoms with van der Waals surface area (Å²) >= 11 is 0. The molecule has 3 rings (SSSR count).